The second-order valence-corrected chi connectivity index (χ2v) is 7.91. The summed E-state index contributed by atoms with van der Waals surface area (Å²) in [4.78, 5) is 4.72. The van der Waals surface area contributed by atoms with Crippen molar-refractivity contribution in [3.8, 4) is 11.3 Å². The maximum Gasteiger partial charge on any atom is 0.264 e. The molecule has 1 N–H and O–H groups in total. The molecule has 0 spiro atoms. The maximum absolute atomic E-state index is 12.8. The van der Waals surface area contributed by atoms with Crippen molar-refractivity contribution in [2.24, 2.45) is 0 Å². The number of oxazole rings is 1. The molecular weight excluding hydrogens is 372 g/mol. The third-order valence-electron chi connectivity index (χ3n) is 4.20. The fourth-order valence-electron chi connectivity index (χ4n) is 2.85. The monoisotopic (exact) mass is 390 g/mol. The highest BCUT2D eigenvalue weighted by Crippen LogP contribution is 2.31. The minimum atomic E-state index is -3.79. The average molecular weight is 390 g/mol. The number of hydrogen-bond donors (Lipinski definition) is 1. The van der Waals surface area contributed by atoms with E-state index in [1.54, 1.807) is 18.2 Å². The quantitative estimate of drug-likeness (QED) is 0.516. The van der Waals surface area contributed by atoms with Gasteiger partial charge in [-0.1, -0.05) is 78.9 Å². The number of benzene rings is 3. The van der Waals surface area contributed by atoms with E-state index in [2.05, 4.69) is 9.71 Å². The molecule has 1 heterocycles. The highest BCUT2D eigenvalue weighted by molar-refractivity contribution is 7.92. The predicted octanol–water partition coefficient (Wildman–Crippen LogP) is 4.73. The maximum atomic E-state index is 12.8. The summed E-state index contributed by atoms with van der Waals surface area (Å²) in [5.41, 5.74) is 2.27. The summed E-state index contributed by atoms with van der Waals surface area (Å²) in [7, 11) is -3.79. The molecule has 0 saturated heterocycles. The third kappa shape index (κ3) is 3.97. The summed E-state index contributed by atoms with van der Waals surface area (Å²) in [6.07, 6.45) is 0.466. The number of aromatic nitrogens is 1. The van der Waals surface area contributed by atoms with Crippen molar-refractivity contribution in [1.82, 2.24) is 4.98 Å². The van der Waals surface area contributed by atoms with Crippen molar-refractivity contribution in [3.63, 3.8) is 0 Å². The molecule has 0 unspecified atom stereocenters. The Morgan fingerprint density at radius 1 is 0.786 bits per heavy atom. The van der Waals surface area contributed by atoms with E-state index in [1.165, 1.54) is 12.1 Å². The van der Waals surface area contributed by atoms with Gasteiger partial charge in [0.15, 0.2) is 0 Å². The summed E-state index contributed by atoms with van der Waals surface area (Å²) >= 11 is 0. The first-order valence-electron chi connectivity index (χ1n) is 8.79. The molecule has 28 heavy (non-hydrogen) atoms. The Morgan fingerprint density at radius 3 is 2.00 bits per heavy atom. The Hall–Kier alpha value is -3.38. The molecule has 0 aliphatic carbocycles. The fourth-order valence-corrected chi connectivity index (χ4v) is 3.87. The lowest BCUT2D eigenvalue weighted by molar-refractivity contribution is 0.521. The van der Waals surface area contributed by atoms with Crippen LogP contribution >= 0.6 is 0 Å². The van der Waals surface area contributed by atoms with Crippen molar-refractivity contribution >= 4 is 15.9 Å². The summed E-state index contributed by atoms with van der Waals surface area (Å²) in [6.45, 7) is 0. The Kier molecular flexibility index (Phi) is 4.95. The zero-order valence-electron chi connectivity index (χ0n) is 14.9. The van der Waals surface area contributed by atoms with Gasteiger partial charge in [-0.05, 0) is 17.7 Å². The number of rotatable bonds is 6. The Balaban J connectivity index is 1.72. The molecule has 0 radical (unpaired) electrons. The standard InChI is InChI=1S/C22H18N2O3S/c25-28(26,19-14-8-3-9-15-19)24-22-21(18-12-6-2-7-13-18)23-20(27-22)16-17-10-4-1-5-11-17/h1-15,24H,16H2. The van der Waals surface area contributed by atoms with E-state index >= 15 is 0 Å². The molecule has 0 bridgehead atoms. The molecule has 4 aromatic rings. The van der Waals surface area contributed by atoms with Gasteiger partial charge in [0, 0.05) is 12.0 Å². The van der Waals surface area contributed by atoms with Gasteiger partial charge in [0.05, 0.1) is 4.90 Å². The van der Waals surface area contributed by atoms with Crippen molar-refractivity contribution in [3.05, 3.63) is 102 Å². The van der Waals surface area contributed by atoms with Crippen molar-refractivity contribution in [2.45, 2.75) is 11.3 Å². The van der Waals surface area contributed by atoms with Crippen LogP contribution in [0.3, 0.4) is 0 Å². The van der Waals surface area contributed by atoms with Crippen LogP contribution in [0.25, 0.3) is 11.3 Å². The van der Waals surface area contributed by atoms with Gasteiger partial charge in [-0.2, -0.15) is 0 Å². The number of nitrogens with one attached hydrogen (secondary N) is 1. The lowest BCUT2D eigenvalue weighted by Crippen LogP contribution is -2.12. The van der Waals surface area contributed by atoms with Gasteiger partial charge in [0.25, 0.3) is 10.0 Å². The summed E-state index contributed by atoms with van der Waals surface area (Å²) in [5, 5.41) is 0. The predicted molar refractivity (Wildman–Crippen MR) is 108 cm³/mol. The van der Waals surface area contributed by atoms with Gasteiger partial charge in [-0.25, -0.2) is 18.1 Å². The second-order valence-electron chi connectivity index (χ2n) is 6.23. The molecule has 3 aromatic carbocycles. The van der Waals surface area contributed by atoms with E-state index in [4.69, 9.17) is 4.42 Å². The van der Waals surface area contributed by atoms with Gasteiger partial charge in [-0.15, -0.1) is 0 Å². The Bertz CT molecular complexity index is 1160. The highest BCUT2D eigenvalue weighted by atomic mass is 32.2. The van der Waals surface area contributed by atoms with E-state index in [9.17, 15) is 8.42 Å². The SMILES string of the molecule is O=S(=O)(Nc1oc(Cc2ccccc2)nc1-c1ccccc1)c1ccccc1. The summed E-state index contributed by atoms with van der Waals surface area (Å²) in [6, 6.07) is 27.3. The van der Waals surface area contributed by atoms with Gasteiger partial charge in [0.1, 0.15) is 5.69 Å². The first-order valence-corrected chi connectivity index (χ1v) is 10.3. The zero-order valence-corrected chi connectivity index (χ0v) is 15.8. The van der Waals surface area contributed by atoms with Crippen LogP contribution in [0.5, 0.6) is 0 Å². The lowest BCUT2D eigenvalue weighted by Gasteiger charge is -2.06. The largest absolute Gasteiger partial charge is 0.423 e. The molecule has 0 atom stereocenters. The van der Waals surface area contributed by atoms with E-state index in [-0.39, 0.29) is 10.8 Å². The second kappa shape index (κ2) is 7.70. The highest BCUT2D eigenvalue weighted by Gasteiger charge is 2.22. The van der Waals surface area contributed by atoms with Crippen LogP contribution in [-0.2, 0) is 16.4 Å². The van der Waals surface area contributed by atoms with Gasteiger partial charge < -0.3 is 4.42 Å². The zero-order chi connectivity index (χ0) is 19.4. The number of nitrogens with zero attached hydrogens (tertiary/aromatic N) is 1. The van der Waals surface area contributed by atoms with Crippen LogP contribution in [0.15, 0.2) is 100 Å². The Morgan fingerprint density at radius 2 is 1.36 bits per heavy atom. The molecule has 5 nitrogen and oxygen atoms in total. The lowest BCUT2D eigenvalue weighted by atomic mass is 10.1. The van der Waals surface area contributed by atoms with Crippen LogP contribution in [0.2, 0.25) is 0 Å². The molecule has 140 valence electrons. The van der Waals surface area contributed by atoms with Crippen LogP contribution in [0.1, 0.15) is 11.5 Å². The minimum absolute atomic E-state index is 0.112. The smallest absolute Gasteiger partial charge is 0.264 e. The van der Waals surface area contributed by atoms with Crippen LogP contribution in [0.4, 0.5) is 5.88 Å². The molecule has 0 aliphatic heterocycles. The van der Waals surface area contributed by atoms with Crippen LogP contribution in [0, 0.1) is 0 Å². The van der Waals surface area contributed by atoms with Gasteiger partial charge in [-0.3, -0.25) is 0 Å². The van der Waals surface area contributed by atoms with Gasteiger partial charge in [0.2, 0.25) is 11.8 Å². The molecule has 6 heteroatoms. The molecule has 0 aliphatic rings. The third-order valence-corrected chi connectivity index (χ3v) is 5.54. The van der Waals surface area contributed by atoms with Crippen LogP contribution in [-0.4, -0.2) is 13.4 Å². The first-order chi connectivity index (χ1) is 13.6. The fraction of sp³-hybridized carbons (Fsp3) is 0.0455. The average Bonchev–Trinajstić information content (AvgIpc) is 3.11. The summed E-state index contributed by atoms with van der Waals surface area (Å²) in [5.74, 6) is 0.553. The van der Waals surface area contributed by atoms with E-state index in [0.29, 0.717) is 18.0 Å². The van der Waals surface area contributed by atoms with E-state index in [1.807, 2.05) is 60.7 Å². The normalized spacial score (nSPS) is 11.3. The number of anilines is 1. The van der Waals surface area contributed by atoms with E-state index in [0.717, 1.165) is 11.1 Å². The molecule has 0 saturated carbocycles. The molecule has 0 fully saturated rings. The molecule has 0 amide bonds. The number of sulfonamides is 1. The number of hydrogen-bond acceptors (Lipinski definition) is 4. The van der Waals surface area contributed by atoms with Crippen LogP contribution < -0.4 is 4.72 Å². The minimum Gasteiger partial charge on any atom is -0.423 e. The Labute approximate surface area is 163 Å². The van der Waals surface area contributed by atoms with Crippen molar-refractivity contribution < 1.29 is 12.8 Å². The molecule has 4 rings (SSSR count). The summed E-state index contributed by atoms with van der Waals surface area (Å²) < 4.78 is 33.9. The van der Waals surface area contributed by atoms with Gasteiger partial charge >= 0.3 is 0 Å². The molecule has 1 aromatic heterocycles. The van der Waals surface area contributed by atoms with Crippen molar-refractivity contribution in [2.75, 3.05) is 4.72 Å². The van der Waals surface area contributed by atoms with Crippen molar-refractivity contribution in [1.29, 1.82) is 0 Å². The van der Waals surface area contributed by atoms with E-state index < -0.39 is 10.0 Å². The molecular formula is C22H18N2O3S. The topological polar surface area (TPSA) is 72.2 Å². The first kappa shape index (κ1) is 18.0.